The molecule has 2 heterocycles. The lowest BCUT2D eigenvalue weighted by molar-refractivity contribution is -0.141. The van der Waals surface area contributed by atoms with E-state index >= 15 is 4.79 Å². The lowest BCUT2D eigenvalue weighted by Crippen LogP contribution is -2.64. The number of pyridine rings is 1. The van der Waals surface area contributed by atoms with Crippen LogP contribution in [0.25, 0.3) is 10.8 Å². The summed E-state index contributed by atoms with van der Waals surface area (Å²) in [5.74, 6) is -1.58. The van der Waals surface area contributed by atoms with Crippen LogP contribution in [0.2, 0.25) is 5.02 Å². The number of likely N-dealkylation sites (tertiary alicyclic amines) is 1. The van der Waals surface area contributed by atoms with Crippen LogP contribution in [0.15, 0.2) is 61.3 Å². The molecule has 4 amide bonds. The second kappa shape index (κ2) is 14.2. The third-order valence-electron chi connectivity index (χ3n) is 10.1. The first-order valence-electron chi connectivity index (χ1n) is 17.4. The van der Waals surface area contributed by atoms with Gasteiger partial charge in [0, 0.05) is 39.9 Å². The van der Waals surface area contributed by atoms with Gasteiger partial charge in [-0.2, -0.15) is 5.26 Å². The van der Waals surface area contributed by atoms with E-state index in [9.17, 15) is 23.3 Å². The maximum atomic E-state index is 15.1. The van der Waals surface area contributed by atoms with Gasteiger partial charge in [-0.3, -0.25) is 14.3 Å². The minimum absolute atomic E-state index is 0.00849. The maximum Gasteiger partial charge on any atom is 0.328 e. The van der Waals surface area contributed by atoms with Crippen molar-refractivity contribution in [2.45, 2.75) is 82.4 Å². The number of ether oxygens (including phenoxy) is 2. The molecule has 2 N–H and O–H groups in total. The Labute approximate surface area is 314 Å². The van der Waals surface area contributed by atoms with Crippen molar-refractivity contribution >= 4 is 55.9 Å². The minimum Gasteiger partial charge on any atom is -0.494 e. The summed E-state index contributed by atoms with van der Waals surface area (Å²) >= 11 is 6.33. The molecule has 0 radical (unpaired) electrons. The fourth-order valence-corrected chi connectivity index (χ4v) is 8.51. The first-order chi connectivity index (χ1) is 25.0. The predicted octanol–water partition coefficient (Wildman–Crippen LogP) is 5.64. The van der Waals surface area contributed by atoms with Crippen LogP contribution in [0.1, 0.15) is 58.9 Å². The number of rotatable bonds is 11. The average Bonchev–Trinajstić information content (AvgIpc) is 4.04. The van der Waals surface area contributed by atoms with E-state index in [0.717, 1.165) is 10.3 Å². The summed E-state index contributed by atoms with van der Waals surface area (Å²) in [6, 6.07) is 11.6. The Morgan fingerprint density at radius 3 is 2.55 bits per heavy atom. The van der Waals surface area contributed by atoms with Crippen molar-refractivity contribution in [3.63, 3.8) is 0 Å². The largest absolute Gasteiger partial charge is 0.494 e. The van der Waals surface area contributed by atoms with Crippen LogP contribution in [-0.2, 0) is 19.6 Å². The summed E-state index contributed by atoms with van der Waals surface area (Å²) < 4.78 is 40.2. The van der Waals surface area contributed by atoms with Gasteiger partial charge in [0.25, 0.3) is 11.8 Å². The predicted molar refractivity (Wildman–Crippen MR) is 200 cm³/mol. The van der Waals surface area contributed by atoms with E-state index < -0.39 is 68.2 Å². The highest BCUT2D eigenvalue weighted by Gasteiger charge is 2.68. The van der Waals surface area contributed by atoms with E-state index in [4.69, 9.17) is 21.1 Å². The number of amides is 4. The van der Waals surface area contributed by atoms with Gasteiger partial charge in [-0.15, -0.1) is 6.58 Å². The number of hydrogen-bond acceptors (Lipinski definition) is 10. The number of sulfonamides is 1. The highest BCUT2D eigenvalue weighted by atomic mass is 35.5. The van der Waals surface area contributed by atoms with Crippen LogP contribution in [0.3, 0.4) is 0 Å². The molecule has 53 heavy (non-hydrogen) atoms. The third kappa shape index (κ3) is 7.37. The first kappa shape index (κ1) is 37.9. The normalized spacial score (nSPS) is 23.0. The number of benzene rings is 2. The Morgan fingerprint density at radius 1 is 1.19 bits per heavy atom. The number of nitriles is 1. The maximum absolute atomic E-state index is 15.1. The fourth-order valence-electron chi connectivity index (χ4n) is 6.98. The third-order valence-corrected chi connectivity index (χ3v) is 12.2. The van der Waals surface area contributed by atoms with Crippen molar-refractivity contribution < 1.29 is 32.3 Å². The quantitative estimate of drug-likeness (QED) is 0.233. The topological polar surface area (TPSA) is 171 Å². The molecule has 13 nitrogen and oxygen atoms in total. The smallest absolute Gasteiger partial charge is 0.328 e. The fraction of sp³-hybridized carbons (Fsp3) is 0.447. The Kier molecular flexibility index (Phi) is 10.1. The molecular weight excluding hydrogens is 720 g/mol. The zero-order valence-electron chi connectivity index (χ0n) is 30.3. The summed E-state index contributed by atoms with van der Waals surface area (Å²) in [5, 5.41) is 13.8. The number of hydrogen-bond donors (Lipinski definition) is 2. The number of anilines is 1. The van der Waals surface area contributed by atoms with Gasteiger partial charge in [0.2, 0.25) is 15.9 Å². The summed E-state index contributed by atoms with van der Waals surface area (Å²) in [6.45, 7) is 11.1. The van der Waals surface area contributed by atoms with Crippen LogP contribution in [0.5, 0.6) is 11.6 Å². The molecule has 1 aliphatic heterocycles. The van der Waals surface area contributed by atoms with Crippen molar-refractivity contribution in [3.05, 3.63) is 71.9 Å². The molecule has 1 unspecified atom stereocenters. The van der Waals surface area contributed by atoms with E-state index in [1.165, 1.54) is 18.1 Å². The monoisotopic (exact) mass is 762 g/mol. The number of carbonyl (C=O) groups is 3. The van der Waals surface area contributed by atoms with E-state index in [1.807, 2.05) is 27.7 Å². The zero-order valence-corrected chi connectivity index (χ0v) is 31.8. The summed E-state index contributed by atoms with van der Waals surface area (Å²) in [4.78, 5) is 51.1. The molecule has 3 aromatic rings. The van der Waals surface area contributed by atoms with E-state index in [1.54, 1.807) is 48.7 Å². The van der Waals surface area contributed by atoms with Gasteiger partial charge in [-0.1, -0.05) is 44.5 Å². The highest BCUT2D eigenvalue weighted by Crippen LogP contribution is 2.52. The Bertz CT molecular complexity index is 2130. The molecular formula is C38H43ClN6O7S. The molecule has 15 heteroatoms. The molecule has 2 aliphatic carbocycles. The number of carbonyl (C=O) groups excluding carboxylic acids is 3. The molecule has 3 aliphatic rings. The van der Waals surface area contributed by atoms with Crippen LogP contribution in [0, 0.1) is 22.7 Å². The van der Waals surface area contributed by atoms with Gasteiger partial charge in [-0.25, -0.2) is 23.1 Å². The van der Waals surface area contributed by atoms with E-state index in [0.29, 0.717) is 46.7 Å². The number of aromatic nitrogens is 1. The molecule has 1 saturated heterocycles. The van der Waals surface area contributed by atoms with Gasteiger partial charge >= 0.3 is 6.03 Å². The molecule has 280 valence electrons. The second-order valence-corrected chi connectivity index (χ2v) is 17.4. The Hall–Kier alpha value is -4.87. The number of nitrogens with zero attached hydrogens (tertiary/aromatic N) is 4. The summed E-state index contributed by atoms with van der Waals surface area (Å²) in [5.41, 5.74) is -1.88. The van der Waals surface area contributed by atoms with Crippen LogP contribution < -0.4 is 19.5 Å². The SMILES string of the molecule is C=C[C@@H]1C[C@@]1(C(=O)NS(=O)(=O)C1CC1)N(C(=O)[C@@H](Nc1cccc(C#N)c1)C(C)(C)C)C(=O)N1C[C@H](Oc2ncc(OC)c3ccc(Cl)cc23)CC1C. The standard InChI is InChI=1S/C38H43ClN6O7S/c1-7-24-18-38(24,35(47)43-53(49,50)28-12-13-28)45(34(46)32(37(3,4)5)42-26-10-8-9-23(16-26)19-40)36(48)44-21-27(15-22(44)2)52-33-30-17-25(39)11-14-29(30)31(51-6)20-41-33/h7-11,14,16-17,20,22,24,27-28,32,42H,1,12-13,15,18,21H2,2-6H3,(H,43,47)/t22?,24-,27-,32-,38-/m1/s1. The van der Waals surface area contributed by atoms with Gasteiger partial charge in [0.15, 0.2) is 0 Å². The second-order valence-electron chi connectivity index (χ2n) is 15.0. The lowest BCUT2D eigenvalue weighted by atomic mass is 9.85. The number of halogens is 1. The minimum atomic E-state index is -4.04. The van der Waals surface area contributed by atoms with Gasteiger partial charge in [0.05, 0.1) is 36.7 Å². The molecule has 5 atom stereocenters. The van der Waals surface area contributed by atoms with Gasteiger partial charge in [0.1, 0.15) is 23.4 Å². The Balaban J connectivity index is 1.37. The number of urea groups is 1. The molecule has 6 rings (SSSR count). The van der Waals surface area contributed by atoms with Gasteiger partial charge < -0.3 is 19.7 Å². The van der Waals surface area contributed by atoms with Crippen LogP contribution >= 0.6 is 11.6 Å². The van der Waals surface area contributed by atoms with Crippen molar-refractivity contribution in [1.29, 1.82) is 5.26 Å². The van der Waals surface area contributed by atoms with E-state index in [-0.39, 0.29) is 18.8 Å². The average molecular weight is 763 g/mol. The molecule has 2 saturated carbocycles. The molecule has 0 bridgehead atoms. The Morgan fingerprint density at radius 2 is 1.92 bits per heavy atom. The van der Waals surface area contributed by atoms with Crippen molar-refractivity contribution in [2.24, 2.45) is 11.3 Å². The van der Waals surface area contributed by atoms with Crippen LogP contribution in [-0.4, -0.2) is 83.7 Å². The lowest BCUT2D eigenvalue weighted by Gasteiger charge is -2.40. The number of fused-ring (bicyclic) bond motifs is 1. The molecule has 3 fully saturated rings. The molecule has 1 aromatic heterocycles. The number of methoxy groups -OCH3 is 1. The highest BCUT2D eigenvalue weighted by molar-refractivity contribution is 7.91. The number of nitrogens with one attached hydrogen (secondary N) is 2. The van der Waals surface area contributed by atoms with Crippen molar-refractivity contribution in [3.8, 4) is 17.7 Å². The molecule has 2 aromatic carbocycles. The van der Waals surface area contributed by atoms with Crippen LogP contribution in [0.4, 0.5) is 10.5 Å². The van der Waals surface area contributed by atoms with Crippen molar-refractivity contribution in [2.75, 3.05) is 19.0 Å². The number of imide groups is 1. The molecule has 0 spiro atoms. The van der Waals surface area contributed by atoms with Gasteiger partial charge in [-0.05, 0) is 68.0 Å². The van der Waals surface area contributed by atoms with E-state index in [2.05, 4.69) is 27.7 Å². The summed E-state index contributed by atoms with van der Waals surface area (Å²) in [6.07, 6.45) is 3.64. The zero-order chi connectivity index (χ0) is 38.5. The summed E-state index contributed by atoms with van der Waals surface area (Å²) in [7, 11) is -2.50. The first-order valence-corrected chi connectivity index (χ1v) is 19.4. The van der Waals surface area contributed by atoms with Crippen molar-refractivity contribution in [1.82, 2.24) is 19.5 Å².